The first kappa shape index (κ1) is 27.4. The summed E-state index contributed by atoms with van der Waals surface area (Å²) in [5, 5.41) is 10.7. The normalized spacial score (nSPS) is 28.6. The SMILES string of the molecule is C=CCCCOC(=O)[C@@H]1[C@@H]2CCC3(O2)C(C(=O)N(CC=C)c2ccc(Cl)cc2)N([C@@H](CC)CO)C(=O)[C@H]13. The molecule has 1 N–H and O–H groups in total. The third-order valence-electron chi connectivity index (χ3n) is 7.83. The van der Waals surface area contributed by atoms with Gasteiger partial charge in [-0.2, -0.15) is 0 Å². The average molecular weight is 531 g/mol. The molecule has 0 radical (unpaired) electrons. The lowest BCUT2D eigenvalue weighted by atomic mass is 9.70. The van der Waals surface area contributed by atoms with E-state index in [4.69, 9.17) is 21.1 Å². The number of halogens is 1. The topological polar surface area (TPSA) is 96.4 Å². The number of allylic oxidation sites excluding steroid dienone is 1. The fourth-order valence-electron chi connectivity index (χ4n) is 6.16. The molecule has 1 aromatic rings. The molecule has 3 heterocycles. The summed E-state index contributed by atoms with van der Waals surface area (Å²) in [6, 6.07) is 5.26. The Kier molecular flexibility index (Phi) is 8.41. The van der Waals surface area contributed by atoms with E-state index >= 15 is 0 Å². The first-order chi connectivity index (χ1) is 17.8. The molecule has 4 rings (SSSR count). The highest BCUT2D eigenvalue weighted by Gasteiger charge is 2.75. The molecule has 0 saturated carbocycles. The smallest absolute Gasteiger partial charge is 0.312 e. The van der Waals surface area contributed by atoms with Crippen LogP contribution in [-0.4, -0.2) is 71.3 Å². The zero-order chi connectivity index (χ0) is 26.7. The lowest BCUT2D eigenvalue weighted by Gasteiger charge is -2.39. The van der Waals surface area contributed by atoms with Gasteiger partial charge in [-0.05, 0) is 56.4 Å². The van der Waals surface area contributed by atoms with Crippen molar-refractivity contribution < 1.29 is 29.0 Å². The molecule has 9 heteroatoms. The number of anilines is 1. The van der Waals surface area contributed by atoms with Gasteiger partial charge in [0.05, 0.1) is 37.2 Å². The van der Waals surface area contributed by atoms with Gasteiger partial charge in [0.2, 0.25) is 5.91 Å². The number of aliphatic hydroxyl groups excluding tert-OH is 1. The van der Waals surface area contributed by atoms with Crippen LogP contribution in [0.3, 0.4) is 0 Å². The van der Waals surface area contributed by atoms with Crippen LogP contribution in [0.4, 0.5) is 5.69 Å². The van der Waals surface area contributed by atoms with E-state index in [1.807, 2.05) is 6.92 Å². The number of aliphatic hydroxyl groups is 1. The average Bonchev–Trinajstić information content (AvgIpc) is 3.54. The molecular weight excluding hydrogens is 496 g/mol. The number of benzene rings is 1. The summed E-state index contributed by atoms with van der Waals surface area (Å²) in [6.07, 6.45) is 5.69. The monoisotopic (exact) mass is 530 g/mol. The number of rotatable bonds is 12. The van der Waals surface area contributed by atoms with Gasteiger partial charge in [-0.1, -0.05) is 30.7 Å². The minimum Gasteiger partial charge on any atom is -0.465 e. The maximum atomic E-state index is 14.3. The zero-order valence-corrected chi connectivity index (χ0v) is 21.9. The molecule has 8 nitrogen and oxygen atoms in total. The number of unbranched alkanes of at least 4 members (excludes halogenated alkanes) is 1. The molecule has 2 amide bonds. The third-order valence-corrected chi connectivity index (χ3v) is 8.08. The predicted molar refractivity (Wildman–Crippen MR) is 140 cm³/mol. The molecule has 200 valence electrons. The maximum Gasteiger partial charge on any atom is 0.312 e. The molecular formula is C28H35ClN2O6. The number of fused-ring (bicyclic) bond motifs is 1. The van der Waals surface area contributed by atoms with E-state index < -0.39 is 41.6 Å². The van der Waals surface area contributed by atoms with Crippen molar-refractivity contribution in [1.82, 2.24) is 4.90 Å². The largest absolute Gasteiger partial charge is 0.465 e. The van der Waals surface area contributed by atoms with Crippen LogP contribution in [0.2, 0.25) is 5.02 Å². The Labute approximate surface area is 222 Å². The minimum absolute atomic E-state index is 0.202. The van der Waals surface area contributed by atoms with E-state index in [2.05, 4.69) is 13.2 Å². The highest BCUT2D eigenvalue weighted by molar-refractivity contribution is 6.30. The van der Waals surface area contributed by atoms with Crippen molar-refractivity contribution >= 4 is 35.1 Å². The fourth-order valence-corrected chi connectivity index (χ4v) is 6.29. The number of likely N-dealkylation sites (tertiary alicyclic amines) is 1. The molecule has 1 aromatic carbocycles. The van der Waals surface area contributed by atoms with Gasteiger partial charge in [0, 0.05) is 17.3 Å². The Morgan fingerprint density at radius 1 is 1.32 bits per heavy atom. The highest BCUT2D eigenvalue weighted by Crippen LogP contribution is 2.59. The van der Waals surface area contributed by atoms with Crippen LogP contribution >= 0.6 is 11.6 Å². The number of hydrogen-bond donors (Lipinski definition) is 1. The first-order valence-electron chi connectivity index (χ1n) is 12.9. The lowest BCUT2D eigenvalue weighted by molar-refractivity contribution is -0.155. The van der Waals surface area contributed by atoms with Gasteiger partial charge in [0.1, 0.15) is 11.6 Å². The third kappa shape index (κ3) is 4.71. The van der Waals surface area contributed by atoms with Crippen LogP contribution in [-0.2, 0) is 23.9 Å². The Balaban J connectivity index is 1.72. The van der Waals surface area contributed by atoms with Crippen LogP contribution in [0, 0.1) is 11.8 Å². The Hall–Kier alpha value is -2.68. The van der Waals surface area contributed by atoms with Crippen LogP contribution in [0.15, 0.2) is 49.6 Å². The van der Waals surface area contributed by atoms with E-state index in [1.165, 1.54) is 4.90 Å². The van der Waals surface area contributed by atoms with Gasteiger partial charge >= 0.3 is 5.97 Å². The van der Waals surface area contributed by atoms with Crippen molar-refractivity contribution in [3.8, 4) is 0 Å². The number of nitrogens with zero attached hydrogens (tertiary/aromatic N) is 2. The van der Waals surface area contributed by atoms with Gasteiger partial charge in [-0.3, -0.25) is 14.4 Å². The van der Waals surface area contributed by atoms with Crippen molar-refractivity contribution in [3.63, 3.8) is 0 Å². The highest BCUT2D eigenvalue weighted by atomic mass is 35.5. The van der Waals surface area contributed by atoms with Crippen LogP contribution in [0.5, 0.6) is 0 Å². The number of esters is 1. The van der Waals surface area contributed by atoms with Crippen molar-refractivity contribution in [3.05, 3.63) is 54.6 Å². The molecule has 2 unspecified atom stereocenters. The molecule has 3 aliphatic heterocycles. The van der Waals surface area contributed by atoms with Crippen molar-refractivity contribution in [2.45, 2.75) is 62.8 Å². The summed E-state index contributed by atoms with van der Waals surface area (Å²) in [5.74, 6) is -2.79. The number of carbonyl (C=O) groups is 3. The molecule has 3 fully saturated rings. The standard InChI is InChI=1S/C28H35ClN2O6/c1-4-7-8-16-36-27(35)22-21-13-14-28(37-21)23(22)25(33)31(19(6-3)17-32)24(28)26(34)30(15-5-2)20-11-9-18(29)10-12-20/h4-5,9-12,19,21-24,32H,1-2,6-8,13-17H2,3H3/t19-,21-,22+,23-,24?,28?/m0/s1. The van der Waals surface area contributed by atoms with Crippen LogP contribution in [0.25, 0.3) is 0 Å². The number of hydrogen-bond acceptors (Lipinski definition) is 6. The van der Waals surface area contributed by atoms with Crippen molar-refractivity contribution in [2.24, 2.45) is 11.8 Å². The molecule has 37 heavy (non-hydrogen) atoms. The van der Waals surface area contributed by atoms with E-state index in [9.17, 15) is 19.5 Å². The molecule has 2 bridgehead atoms. The minimum atomic E-state index is -1.17. The van der Waals surface area contributed by atoms with E-state index in [-0.39, 0.29) is 31.6 Å². The summed E-state index contributed by atoms with van der Waals surface area (Å²) in [6.45, 7) is 9.46. The second-order valence-electron chi connectivity index (χ2n) is 9.86. The fraction of sp³-hybridized carbons (Fsp3) is 0.536. The first-order valence-corrected chi connectivity index (χ1v) is 13.3. The molecule has 6 atom stereocenters. The maximum absolute atomic E-state index is 14.3. The van der Waals surface area contributed by atoms with Gasteiger partial charge < -0.3 is 24.4 Å². The lowest BCUT2D eigenvalue weighted by Crippen LogP contribution is -2.59. The van der Waals surface area contributed by atoms with E-state index in [0.717, 1.165) is 0 Å². The van der Waals surface area contributed by atoms with Crippen LogP contribution < -0.4 is 4.90 Å². The van der Waals surface area contributed by atoms with E-state index in [1.54, 1.807) is 41.3 Å². The second-order valence-corrected chi connectivity index (χ2v) is 10.3. The quantitative estimate of drug-likeness (QED) is 0.252. The van der Waals surface area contributed by atoms with Gasteiger partial charge in [0.15, 0.2) is 0 Å². The van der Waals surface area contributed by atoms with Gasteiger partial charge in [-0.25, -0.2) is 0 Å². The number of carbonyl (C=O) groups excluding carboxylic acids is 3. The summed E-state index contributed by atoms with van der Waals surface area (Å²) in [7, 11) is 0. The zero-order valence-electron chi connectivity index (χ0n) is 21.2. The van der Waals surface area contributed by atoms with E-state index in [0.29, 0.717) is 42.8 Å². The predicted octanol–water partition coefficient (Wildman–Crippen LogP) is 3.51. The Morgan fingerprint density at radius 3 is 2.68 bits per heavy atom. The molecule has 0 aromatic heterocycles. The Morgan fingerprint density at radius 2 is 2.05 bits per heavy atom. The second kappa shape index (κ2) is 11.4. The van der Waals surface area contributed by atoms with Crippen molar-refractivity contribution in [1.29, 1.82) is 0 Å². The summed E-state index contributed by atoms with van der Waals surface area (Å²) >= 11 is 6.07. The molecule has 3 saturated heterocycles. The molecule has 1 spiro atoms. The summed E-state index contributed by atoms with van der Waals surface area (Å²) < 4.78 is 12.0. The summed E-state index contributed by atoms with van der Waals surface area (Å²) in [4.78, 5) is 44.5. The summed E-state index contributed by atoms with van der Waals surface area (Å²) in [5.41, 5.74) is -0.567. The number of ether oxygens (including phenoxy) is 2. The molecule has 0 aliphatic carbocycles. The van der Waals surface area contributed by atoms with Crippen LogP contribution in [0.1, 0.15) is 39.0 Å². The van der Waals surface area contributed by atoms with Gasteiger partial charge in [0.25, 0.3) is 5.91 Å². The molecule has 3 aliphatic rings. The van der Waals surface area contributed by atoms with Crippen molar-refractivity contribution in [2.75, 3.05) is 24.7 Å². The number of amides is 2. The Bertz CT molecular complexity index is 1040. The van der Waals surface area contributed by atoms with Gasteiger partial charge in [-0.15, -0.1) is 13.2 Å².